The van der Waals surface area contributed by atoms with E-state index in [1.807, 2.05) is 6.92 Å². The number of aromatic amines is 1. The third kappa shape index (κ3) is 0.960. The van der Waals surface area contributed by atoms with Crippen molar-refractivity contribution in [2.45, 2.75) is 13.3 Å². The second-order valence-electron chi connectivity index (χ2n) is 1.85. The maximum Gasteiger partial charge on any atom is 0.344 e. The molecule has 3 N–H and O–H groups in total. The monoisotopic (exact) mass is 127 g/mol. The number of aryl methyl sites for hydroxylation is 1. The van der Waals surface area contributed by atoms with E-state index >= 15 is 0 Å². The summed E-state index contributed by atoms with van der Waals surface area (Å²) >= 11 is 0. The summed E-state index contributed by atoms with van der Waals surface area (Å²) in [4.78, 5) is 13.2. The minimum Gasteiger partial charge on any atom is -0.335 e. The lowest BCUT2D eigenvalue weighted by Gasteiger charge is -1.82. The normalized spacial score (nSPS) is 9.89. The molecule has 0 aliphatic rings. The molecule has 9 heavy (non-hydrogen) atoms. The number of nitrogens with two attached hydrogens (primary N) is 1. The summed E-state index contributed by atoms with van der Waals surface area (Å²) in [5.74, 6) is 5.19. The van der Waals surface area contributed by atoms with E-state index in [-0.39, 0.29) is 5.69 Å². The molecule has 0 fully saturated rings. The van der Waals surface area contributed by atoms with Gasteiger partial charge in [-0.25, -0.2) is 9.47 Å². The van der Waals surface area contributed by atoms with Crippen LogP contribution >= 0.6 is 0 Å². The van der Waals surface area contributed by atoms with Crippen LogP contribution < -0.4 is 11.5 Å². The number of hydrogen-bond donors (Lipinski definition) is 2. The number of hydrogen-bond acceptors (Lipinski definition) is 2. The molecule has 0 bridgehead atoms. The van der Waals surface area contributed by atoms with Crippen molar-refractivity contribution >= 4 is 0 Å². The number of nitrogens with zero attached hydrogens (tertiary/aromatic N) is 1. The molecule has 1 rings (SSSR count). The summed E-state index contributed by atoms with van der Waals surface area (Å²) in [5.41, 5.74) is 0.606. The van der Waals surface area contributed by atoms with Gasteiger partial charge in [0.2, 0.25) is 0 Å². The summed E-state index contributed by atoms with van der Waals surface area (Å²) in [6.07, 6.45) is 2.39. The zero-order valence-corrected chi connectivity index (χ0v) is 5.22. The third-order valence-corrected chi connectivity index (χ3v) is 1.18. The molecule has 0 aliphatic carbocycles. The van der Waals surface area contributed by atoms with Gasteiger partial charge in [0, 0.05) is 5.69 Å². The highest BCUT2D eigenvalue weighted by Gasteiger charge is 1.94. The summed E-state index contributed by atoms with van der Waals surface area (Å²) in [6.45, 7) is 1.95. The van der Waals surface area contributed by atoms with Crippen LogP contribution in [0.15, 0.2) is 11.0 Å². The minimum atomic E-state index is -0.258. The fraction of sp³-hybridized carbons (Fsp3) is 0.400. The first-order valence-electron chi connectivity index (χ1n) is 2.79. The van der Waals surface area contributed by atoms with Crippen LogP contribution in [0.5, 0.6) is 0 Å². The van der Waals surface area contributed by atoms with Gasteiger partial charge in [0.05, 0.1) is 6.20 Å². The van der Waals surface area contributed by atoms with Gasteiger partial charge in [0.25, 0.3) is 0 Å². The van der Waals surface area contributed by atoms with Gasteiger partial charge in [0.15, 0.2) is 0 Å². The van der Waals surface area contributed by atoms with Crippen LogP contribution in [0.2, 0.25) is 0 Å². The van der Waals surface area contributed by atoms with Crippen molar-refractivity contribution < 1.29 is 0 Å². The molecule has 0 radical (unpaired) electrons. The Morgan fingerprint density at radius 2 is 2.56 bits per heavy atom. The van der Waals surface area contributed by atoms with Gasteiger partial charge in [0.1, 0.15) is 0 Å². The van der Waals surface area contributed by atoms with E-state index in [2.05, 4.69) is 4.98 Å². The molecular weight excluding hydrogens is 118 g/mol. The van der Waals surface area contributed by atoms with Gasteiger partial charge in [-0.15, -0.1) is 0 Å². The van der Waals surface area contributed by atoms with E-state index < -0.39 is 0 Å². The van der Waals surface area contributed by atoms with Gasteiger partial charge < -0.3 is 10.8 Å². The zero-order valence-electron chi connectivity index (χ0n) is 5.22. The lowest BCUT2D eigenvalue weighted by atomic mass is 10.4. The maximum atomic E-state index is 10.6. The van der Waals surface area contributed by atoms with Gasteiger partial charge in [-0.2, -0.15) is 0 Å². The largest absolute Gasteiger partial charge is 0.344 e. The highest BCUT2D eigenvalue weighted by atomic mass is 16.1. The Hall–Kier alpha value is -1.19. The number of imidazole rings is 1. The molecule has 1 aromatic heterocycles. The molecule has 0 spiro atoms. The van der Waals surface area contributed by atoms with Crippen molar-refractivity contribution in [1.29, 1.82) is 0 Å². The van der Waals surface area contributed by atoms with Crippen molar-refractivity contribution in [2.75, 3.05) is 5.84 Å². The molecule has 1 aromatic rings. The Bertz CT molecular complexity index is 247. The Balaban J connectivity index is 3.13. The molecule has 1 heterocycles. The molecule has 0 aliphatic heterocycles. The van der Waals surface area contributed by atoms with Crippen LogP contribution in [0.3, 0.4) is 0 Å². The van der Waals surface area contributed by atoms with Crippen LogP contribution in [0.25, 0.3) is 0 Å². The predicted octanol–water partition coefficient (Wildman–Crippen LogP) is -0.547. The second kappa shape index (κ2) is 1.97. The summed E-state index contributed by atoms with van der Waals surface area (Å²) < 4.78 is 1.04. The zero-order chi connectivity index (χ0) is 6.85. The Kier molecular flexibility index (Phi) is 1.30. The molecule has 0 aromatic carbocycles. The minimum absolute atomic E-state index is 0.258. The molecule has 50 valence electrons. The summed E-state index contributed by atoms with van der Waals surface area (Å²) in [5, 5.41) is 0. The van der Waals surface area contributed by atoms with E-state index in [0.29, 0.717) is 0 Å². The molecule has 0 saturated carbocycles. The van der Waals surface area contributed by atoms with Crippen molar-refractivity contribution in [1.82, 2.24) is 9.66 Å². The van der Waals surface area contributed by atoms with Crippen LogP contribution in [-0.4, -0.2) is 9.66 Å². The van der Waals surface area contributed by atoms with Crippen LogP contribution in [-0.2, 0) is 6.42 Å². The van der Waals surface area contributed by atoms with Crippen LogP contribution in [0, 0.1) is 0 Å². The first kappa shape index (κ1) is 5.94. The van der Waals surface area contributed by atoms with E-state index in [9.17, 15) is 4.79 Å². The highest BCUT2D eigenvalue weighted by molar-refractivity contribution is 4.95. The average Bonchev–Trinajstić information content (AvgIpc) is 2.13. The van der Waals surface area contributed by atoms with Crippen LogP contribution in [0.1, 0.15) is 12.6 Å². The fourth-order valence-electron chi connectivity index (χ4n) is 0.640. The van der Waals surface area contributed by atoms with Gasteiger partial charge >= 0.3 is 5.69 Å². The first-order chi connectivity index (χ1) is 4.24. The fourth-order valence-corrected chi connectivity index (χ4v) is 0.640. The Morgan fingerprint density at radius 3 is 2.78 bits per heavy atom. The lowest BCUT2D eigenvalue weighted by molar-refractivity contribution is 0.936. The molecule has 0 unspecified atom stereocenters. The van der Waals surface area contributed by atoms with Crippen molar-refractivity contribution in [2.24, 2.45) is 0 Å². The third-order valence-electron chi connectivity index (χ3n) is 1.18. The van der Waals surface area contributed by atoms with Gasteiger partial charge in [-0.05, 0) is 6.42 Å². The number of nitrogens with one attached hydrogen (secondary N) is 1. The van der Waals surface area contributed by atoms with E-state index in [1.54, 1.807) is 6.20 Å². The Morgan fingerprint density at radius 1 is 1.89 bits per heavy atom. The molecule has 0 saturated heterocycles. The first-order valence-corrected chi connectivity index (χ1v) is 2.79. The van der Waals surface area contributed by atoms with Gasteiger partial charge in [-0.3, -0.25) is 0 Å². The van der Waals surface area contributed by atoms with Crippen molar-refractivity contribution in [3.63, 3.8) is 0 Å². The number of rotatable bonds is 1. The van der Waals surface area contributed by atoms with Gasteiger partial charge in [-0.1, -0.05) is 6.92 Å². The van der Waals surface area contributed by atoms with Crippen LogP contribution in [0.4, 0.5) is 0 Å². The SMILES string of the molecule is CCc1cn(N)c(=O)[nH]1. The van der Waals surface area contributed by atoms with E-state index in [1.165, 1.54) is 0 Å². The quantitative estimate of drug-likeness (QED) is 0.497. The summed E-state index contributed by atoms with van der Waals surface area (Å²) in [7, 11) is 0. The molecular formula is C5H9N3O. The lowest BCUT2D eigenvalue weighted by Crippen LogP contribution is -2.23. The number of nitrogen functional groups attached to an aromatic ring is 1. The molecule has 0 amide bonds. The van der Waals surface area contributed by atoms with E-state index in [0.717, 1.165) is 16.8 Å². The van der Waals surface area contributed by atoms with Crippen molar-refractivity contribution in [3.05, 3.63) is 22.4 Å². The molecule has 4 heteroatoms. The summed E-state index contributed by atoms with van der Waals surface area (Å²) in [6, 6.07) is 0. The number of H-pyrrole nitrogens is 1. The van der Waals surface area contributed by atoms with Crippen molar-refractivity contribution in [3.8, 4) is 0 Å². The topological polar surface area (TPSA) is 63.8 Å². The second-order valence-corrected chi connectivity index (χ2v) is 1.85. The standard InChI is InChI=1S/C5H9N3O/c1-2-4-3-8(6)5(9)7-4/h3H,2,6H2,1H3,(H,7,9). The average molecular weight is 127 g/mol. The molecule has 0 atom stereocenters. The maximum absolute atomic E-state index is 10.6. The number of aromatic nitrogens is 2. The predicted molar refractivity (Wildman–Crippen MR) is 34.6 cm³/mol. The Labute approximate surface area is 52.3 Å². The highest BCUT2D eigenvalue weighted by Crippen LogP contribution is 1.87. The van der Waals surface area contributed by atoms with E-state index in [4.69, 9.17) is 5.84 Å². The smallest absolute Gasteiger partial charge is 0.335 e. The molecule has 4 nitrogen and oxygen atoms in total.